The van der Waals surface area contributed by atoms with Crippen molar-refractivity contribution in [2.24, 2.45) is 5.73 Å². The largest absolute Gasteiger partial charge is 0.322 e. The van der Waals surface area contributed by atoms with E-state index in [0.29, 0.717) is 6.42 Å². The van der Waals surface area contributed by atoms with Gasteiger partial charge < -0.3 is 5.73 Å². The molecule has 0 aliphatic carbocycles. The van der Waals surface area contributed by atoms with Gasteiger partial charge in [0.2, 0.25) is 10.0 Å². The van der Waals surface area contributed by atoms with Gasteiger partial charge in [-0.25, -0.2) is 13.1 Å². The number of rotatable bonds is 8. The van der Waals surface area contributed by atoms with Gasteiger partial charge in [-0.15, -0.1) is 0 Å². The van der Waals surface area contributed by atoms with Gasteiger partial charge >= 0.3 is 0 Å². The maximum absolute atomic E-state index is 12.8. The third-order valence-corrected chi connectivity index (χ3v) is 6.14. The van der Waals surface area contributed by atoms with Crippen molar-refractivity contribution in [2.45, 2.75) is 25.4 Å². The molecule has 3 aromatic carbocycles. The van der Waals surface area contributed by atoms with Crippen LogP contribution < -0.4 is 10.5 Å². The minimum atomic E-state index is -3.52. The lowest BCUT2D eigenvalue weighted by atomic mass is 9.95. The molecule has 146 valence electrons. The highest BCUT2D eigenvalue weighted by molar-refractivity contribution is 7.89. The lowest BCUT2D eigenvalue weighted by Crippen LogP contribution is -2.37. The van der Waals surface area contributed by atoms with E-state index in [9.17, 15) is 8.42 Å². The first kappa shape index (κ1) is 20.3. The highest BCUT2D eigenvalue weighted by Crippen LogP contribution is 2.27. The maximum Gasteiger partial charge on any atom is 0.212 e. The molecule has 3 aromatic rings. The van der Waals surface area contributed by atoms with Crippen molar-refractivity contribution in [3.8, 4) is 0 Å². The minimum Gasteiger partial charge on any atom is -0.322 e. The summed E-state index contributed by atoms with van der Waals surface area (Å²) in [5.74, 6) is 0.0148. The van der Waals surface area contributed by atoms with Crippen molar-refractivity contribution < 1.29 is 8.42 Å². The Balaban J connectivity index is 1.79. The van der Waals surface area contributed by atoms with E-state index >= 15 is 0 Å². The molecule has 5 heteroatoms. The lowest BCUT2D eigenvalue weighted by molar-refractivity contribution is 0.504. The zero-order valence-corrected chi connectivity index (χ0v) is 16.8. The van der Waals surface area contributed by atoms with E-state index in [1.165, 1.54) is 0 Å². The number of benzene rings is 3. The van der Waals surface area contributed by atoms with Crippen LogP contribution in [0.5, 0.6) is 0 Å². The highest BCUT2D eigenvalue weighted by atomic mass is 32.2. The summed E-state index contributed by atoms with van der Waals surface area (Å²) in [5.41, 5.74) is 10.4. The first-order valence-electron chi connectivity index (χ1n) is 9.36. The van der Waals surface area contributed by atoms with Crippen LogP contribution >= 0.6 is 0 Å². The summed E-state index contributed by atoms with van der Waals surface area (Å²) in [6, 6.07) is 25.9. The number of hydrogen-bond acceptors (Lipinski definition) is 3. The molecular weight excluding hydrogens is 368 g/mol. The number of sulfonamides is 1. The third kappa shape index (κ3) is 5.52. The lowest BCUT2D eigenvalue weighted by Gasteiger charge is -2.26. The van der Waals surface area contributed by atoms with E-state index in [2.05, 4.69) is 4.72 Å². The Morgan fingerprint density at radius 1 is 0.821 bits per heavy atom. The van der Waals surface area contributed by atoms with Crippen LogP contribution in [-0.2, 0) is 16.4 Å². The van der Waals surface area contributed by atoms with Gasteiger partial charge in [0.15, 0.2) is 0 Å². The SMILES string of the molecule is Cc1ccc(CCS(=O)(=O)N[C@H](c2ccccc2)[C@H](N)c2ccccc2)cc1. The summed E-state index contributed by atoms with van der Waals surface area (Å²) in [6.07, 6.45) is 0.456. The van der Waals surface area contributed by atoms with Crippen molar-refractivity contribution >= 4 is 10.0 Å². The Morgan fingerprint density at radius 3 is 1.93 bits per heavy atom. The second kappa shape index (κ2) is 9.15. The maximum atomic E-state index is 12.8. The highest BCUT2D eigenvalue weighted by Gasteiger charge is 2.26. The van der Waals surface area contributed by atoms with Crippen LogP contribution in [-0.4, -0.2) is 14.2 Å². The zero-order valence-electron chi connectivity index (χ0n) is 16.0. The van der Waals surface area contributed by atoms with Gasteiger partial charge in [-0.3, -0.25) is 0 Å². The first-order chi connectivity index (χ1) is 13.4. The summed E-state index contributed by atoms with van der Waals surface area (Å²) in [7, 11) is -3.52. The van der Waals surface area contributed by atoms with Crippen molar-refractivity contribution in [3.05, 3.63) is 107 Å². The number of nitrogens with one attached hydrogen (secondary N) is 1. The Labute approximate surface area is 167 Å². The van der Waals surface area contributed by atoms with Gasteiger partial charge in [0.1, 0.15) is 0 Å². The molecule has 0 aliphatic rings. The van der Waals surface area contributed by atoms with E-state index in [-0.39, 0.29) is 5.75 Å². The van der Waals surface area contributed by atoms with Crippen LogP contribution in [0.3, 0.4) is 0 Å². The normalized spacial score (nSPS) is 13.8. The van der Waals surface area contributed by atoms with E-state index in [4.69, 9.17) is 5.73 Å². The second-order valence-corrected chi connectivity index (χ2v) is 8.87. The molecule has 0 saturated heterocycles. The van der Waals surface area contributed by atoms with Gasteiger partial charge in [-0.2, -0.15) is 0 Å². The summed E-state index contributed by atoms with van der Waals surface area (Å²) >= 11 is 0. The van der Waals surface area contributed by atoms with Crippen molar-refractivity contribution in [3.63, 3.8) is 0 Å². The molecule has 0 aliphatic heterocycles. The first-order valence-corrected chi connectivity index (χ1v) is 11.0. The average molecular weight is 395 g/mol. The van der Waals surface area contributed by atoms with Crippen LogP contribution in [0.4, 0.5) is 0 Å². The van der Waals surface area contributed by atoms with Crippen molar-refractivity contribution in [1.82, 2.24) is 4.72 Å². The summed E-state index contributed by atoms with van der Waals surface area (Å²) in [4.78, 5) is 0. The predicted octanol–water partition coefficient (Wildman–Crippen LogP) is 3.90. The monoisotopic (exact) mass is 394 g/mol. The molecule has 3 N–H and O–H groups in total. The zero-order chi connectivity index (χ0) is 20.0. The molecular formula is C23H26N2O2S. The Morgan fingerprint density at radius 2 is 1.36 bits per heavy atom. The van der Waals surface area contributed by atoms with Gasteiger partial charge in [0.25, 0.3) is 0 Å². The van der Waals surface area contributed by atoms with E-state index in [1.807, 2.05) is 91.9 Å². The number of hydrogen-bond donors (Lipinski definition) is 2. The molecule has 0 fully saturated rings. The molecule has 0 spiro atoms. The fourth-order valence-corrected chi connectivity index (χ4v) is 4.43. The Bertz CT molecular complexity index is 972. The fourth-order valence-electron chi connectivity index (χ4n) is 3.14. The molecule has 0 unspecified atom stereocenters. The van der Waals surface area contributed by atoms with Gasteiger partial charge in [-0.05, 0) is 30.0 Å². The smallest absolute Gasteiger partial charge is 0.212 e. The minimum absolute atomic E-state index is 0.0148. The summed E-state index contributed by atoms with van der Waals surface area (Å²) < 4.78 is 28.5. The van der Waals surface area contributed by atoms with Crippen LogP contribution in [0.1, 0.15) is 34.3 Å². The van der Waals surface area contributed by atoms with E-state index in [0.717, 1.165) is 22.3 Å². The van der Waals surface area contributed by atoms with Gasteiger partial charge in [0.05, 0.1) is 17.8 Å². The molecule has 0 heterocycles. The molecule has 2 atom stereocenters. The average Bonchev–Trinajstić information content (AvgIpc) is 2.72. The topological polar surface area (TPSA) is 72.2 Å². The Kier molecular flexibility index (Phi) is 6.62. The molecule has 0 aromatic heterocycles. The Hall–Kier alpha value is -2.47. The van der Waals surface area contributed by atoms with Gasteiger partial charge in [0, 0.05) is 0 Å². The molecule has 3 rings (SSSR count). The van der Waals surface area contributed by atoms with Crippen LogP contribution in [0.15, 0.2) is 84.9 Å². The summed E-state index contributed by atoms with van der Waals surface area (Å²) in [6.45, 7) is 2.01. The fraction of sp³-hybridized carbons (Fsp3) is 0.217. The number of nitrogens with two attached hydrogens (primary N) is 1. The standard InChI is InChI=1S/C23H26N2O2S/c1-18-12-14-19(15-13-18)16-17-28(26,27)25-23(21-10-6-3-7-11-21)22(24)20-8-4-2-5-9-20/h2-15,22-23,25H,16-17,24H2,1H3/t22-,23-/m1/s1. The van der Waals surface area contributed by atoms with Crippen LogP contribution in [0.25, 0.3) is 0 Å². The van der Waals surface area contributed by atoms with Crippen molar-refractivity contribution in [2.75, 3.05) is 5.75 Å². The quantitative estimate of drug-likeness (QED) is 0.609. The summed E-state index contributed by atoms with van der Waals surface area (Å²) in [5, 5.41) is 0. The molecule has 4 nitrogen and oxygen atoms in total. The van der Waals surface area contributed by atoms with Gasteiger partial charge in [-0.1, -0.05) is 90.5 Å². The predicted molar refractivity (Wildman–Crippen MR) is 114 cm³/mol. The second-order valence-electron chi connectivity index (χ2n) is 7.00. The molecule has 0 radical (unpaired) electrons. The number of aryl methyl sites for hydroxylation is 2. The van der Waals surface area contributed by atoms with Crippen LogP contribution in [0, 0.1) is 6.92 Å². The molecule has 28 heavy (non-hydrogen) atoms. The van der Waals surface area contributed by atoms with Crippen LogP contribution in [0.2, 0.25) is 0 Å². The third-order valence-electron chi connectivity index (χ3n) is 4.79. The molecule has 0 saturated carbocycles. The van der Waals surface area contributed by atoms with Crippen molar-refractivity contribution in [1.29, 1.82) is 0 Å². The molecule has 0 amide bonds. The van der Waals surface area contributed by atoms with E-state index in [1.54, 1.807) is 0 Å². The molecule has 0 bridgehead atoms. The van der Waals surface area contributed by atoms with E-state index < -0.39 is 22.1 Å².